The summed E-state index contributed by atoms with van der Waals surface area (Å²) in [7, 11) is 1.49. The normalized spacial score (nSPS) is 14.2. The van der Waals surface area contributed by atoms with Crippen molar-refractivity contribution in [1.29, 1.82) is 0 Å². The third-order valence-corrected chi connectivity index (χ3v) is 1.88. The van der Waals surface area contributed by atoms with Crippen LogP contribution in [0.4, 0.5) is 0 Å². The first-order valence-corrected chi connectivity index (χ1v) is 4.81. The minimum atomic E-state index is -1.09. The molecule has 88 valence electrons. The first-order chi connectivity index (χ1) is 7.55. The van der Waals surface area contributed by atoms with E-state index < -0.39 is 5.60 Å². The number of aliphatic hydroxyl groups is 1. The lowest BCUT2D eigenvalue weighted by atomic mass is 10.1. The van der Waals surface area contributed by atoms with Crippen LogP contribution in [0.15, 0.2) is 18.6 Å². The van der Waals surface area contributed by atoms with E-state index in [0.717, 1.165) is 0 Å². The van der Waals surface area contributed by atoms with Crippen LogP contribution < -0.4 is 5.32 Å². The number of hydrogen-bond donors (Lipinski definition) is 2. The average molecular weight is 225 g/mol. The van der Waals surface area contributed by atoms with Crippen molar-refractivity contribution in [2.75, 3.05) is 20.3 Å². The van der Waals surface area contributed by atoms with Crippen molar-refractivity contribution in [2.24, 2.45) is 0 Å². The Morgan fingerprint density at radius 1 is 1.62 bits per heavy atom. The van der Waals surface area contributed by atoms with Gasteiger partial charge in [0, 0.05) is 26.0 Å². The van der Waals surface area contributed by atoms with Crippen molar-refractivity contribution in [3.05, 3.63) is 24.3 Å². The van der Waals surface area contributed by atoms with Gasteiger partial charge in [-0.15, -0.1) is 0 Å². The van der Waals surface area contributed by atoms with Gasteiger partial charge in [0.25, 0.3) is 5.91 Å². The van der Waals surface area contributed by atoms with Gasteiger partial charge in [-0.1, -0.05) is 0 Å². The molecule has 6 heteroatoms. The van der Waals surface area contributed by atoms with Gasteiger partial charge in [-0.2, -0.15) is 0 Å². The lowest BCUT2D eigenvalue weighted by Crippen LogP contribution is -2.43. The fourth-order valence-corrected chi connectivity index (χ4v) is 1.14. The zero-order valence-corrected chi connectivity index (χ0v) is 9.30. The Hall–Kier alpha value is -1.53. The second kappa shape index (κ2) is 5.53. The third kappa shape index (κ3) is 3.92. The smallest absolute Gasteiger partial charge is 0.271 e. The summed E-state index contributed by atoms with van der Waals surface area (Å²) in [5.74, 6) is -0.371. The minimum absolute atomic E-state index is 0.0935. The van der Waals surface area contributed by atoms with Gasteiger partial charge in [0.1, 0.15) is 11.3 Å². The molecule has 0 aliphatic carbocycles. The molecule has 0 unspecified atom stereocenters. The third-order valence-electron chi connectivity index (χ3n) is 1.88. The van der Waals surface area contributed by atoms with E-state index in [2.05, 4.69) is 15.3 Å². The molecule has 0 saturated heterocycles. The second-order valence-electron chi connectivity index (χ2n) is 3.70. The summed E-state index contributed by atoms with van der Waals surface area (Å²) < 4.78 is 4.82. The number of amides is 1. The molecule has 0 spiro atoms. The Kier molecular flexibility index (Phi) is 4.33. The van der Waals surface area contributed by atoms with E-state index in [9.17, 15) is 9.90 Å². The summed E-state index contributed by atoms with van der Waals surface area (Å²) in [6.07, 6.45) is 4.28. The molecule has 0 aliphatic heterocycles. The molecule has 6 nitrogen and oxygen atoms in total. The van der Waals surface area contributed by atoms with Crippen LogP contribution in [0.5, 0.6) is 0 Å². The first-order valence-electron chi connectivity index (χ1n) is 4.81. The fourth-order valence-electron chi connectivity index (χ4n) is 1.14. The van der Waals surface area contributed by atoms with E-state index in [1.807, 2.05) is 0 Å². The van der Waals surface area contributed by atoms with Crippen molar-refractivity contribution in [2.45, 2.75) is 12.5 Å². The molecule has 1 amide bonds. The summed E-state index contributed by atoms with van der Waals surface area (Å²) >= 11 is 0. The Morgan fingerprint density at radius 2 is 2.38 bits per heavy atom. The number of rotatable bonds is 5. The maximum Gasteiger partial charge on any atom is 0.271 e. The van der Waals surface area contributed by atoms with Gasteiger partial charge in [-0.25, -0.2) is 4.98 Å². The molecule has 1 atom stereocenters. The van der Waals surface area contributed by atoms with Crippen LogP contribution in [0.2, 0.25) is 0 Å². The monoisotopic (exact) mass is 225 g/mol. The van der Waals surface area contributed by atoms with Gasteiger partial charge < -0.3 is 15.2 Å². The molecule has 0 saturated carbocycles. The fraction of sp³-hybridized carbons (Fsp3) is 0.500. The van der Waals surface area contributed by atoms with Crippen LogP contribution in [0.25, 0.3) is 0 Å². The molecular weight excluding hydrogens is 210 g/mol. The first kappa shape index (κ1) is 12.5. The van der Waals surface area contributed by atoms with Crippen molar-refractivity contribution in [3.8, 4) is 0 Å². The lowest BCUT2D eigenvalue weighted by Gasteiger charge is -2.22. The number of ether oxygens (including phenoxy) is 1. The molecule has 1 aromatic heterocycles. The molecule has 1 heterocycles. The van der Waals surface area contributed by atoms with Crippen LogP contribution in [0, 0.1) is 0 Å². The Bertz CT molecular complexity index is 340. The largest absolute Gasteiger partial charge is 0.386 e. The number of carbonyl (C=O) groups excluding carboxylic acids is 1. The van der Waals surface area contributed by atoms with Crippen molar-refractivity contribution < 1.29 is 14.6 Å². The number of nitrogens with zero attached hydrogens (tertiary/aromatic N) is 2. The highest BCUT2D eigenvalue weighted by Crippen LogP contribution is 2.01. The lowest BCUT2D eigenvalue weighted by molar-refractivity contribution is -0.0147. The average Bonchev–Trinajstić information content (AvgIpc) is 2.27. The molecule has 0 fully saturated rings. The van der Waals surface area contributed by atoms with Crippen LogP contribution in [0.1, 0.15) is 17.4 Å². The van der Waals surface area contributed by atoms with Crippen molar-refractivity contribution in [3.63, 3.8) is 0 Å². The number of hydrogen-bond acceptors (Lipinski definition) is 5. The molecule has 2 N–H and O–H groups in total. The van der Waals surface area contributed by atoms with Crippen LogP contribution in [-0.4, -0.2) is 46.8 Å². The topological polar surface area (TPSA) is 84.3 Å². The van der Waals surface area contributed by atoms with E-state index in [1.54, 1.807) is 6.92 Å². The summed E-state index contributed by atoms with van der Waals surface area (Å²) in [4.78, 5) is 19.1. The maximum absolute atomic E-state index is 11.5. The highest BCUT2D eigenvalue weighted by atomic mass is 16.5. The summed E-state index contributed by atoms with van der Waals surface area (Å²) in [6, 6.07) is 0. The summed E-state index contributed by atoms with van der Waals surface area (Å²) in [5, 5.41) is 12.3. The van der Waals surface area contributed by atoms with E-state index in [4.69, 9.17) is 4.74 Å². The Morgan fingerprint density at radius 3 is 2.94 bits per heavy atom. The standard InChI is InChI=1S/C10H15N3O3/c1-10(15,7-16-2)6-13-9(14)8-5-11-3-4-12-8/h3-5,15H,6-7H2,1-2H3,(H,13,14)/t10-/m0/s1. The minimum Gasteiger partial charge on any atom is -0.386 e. The SMILES string of the molecule is COC[C@@](C)(O)CNC(=O)c1cnccn1. The van der Waals surface area contributed by atoms with E-state index in [1.165, 1.54) is 25.7 Å². The van der Waals surface area contributed by atoms with Crippen LogP contribution in [0.3, 0.4) is 0 Å². The van der Waals surface area contributed by atoms with Gasteiger partial charge in [-0.3, -0.25) is 9.78 Å². The number of carbonyl (C=O) groups is 1. The van der Waals surface area contributed by atoms with Crippen LogP contribution >= 0.6 is 0 Å². The Balaban J connectivity index is 2.48. The van der Waals surface area contributed by atoms with Gasteiger partial charge in [0.15, 0.2) is 0 Å². The number of nitrogens with one attached hydrogen (secondary N) is 1. The van der Waals surface area contributed by atoms with E-state index in [-0.39, 0.29) is 24.8 Å². The van der Waals surface area contributed by atoms with Crippen molar-refractivity contribution >= 4 is 5.91 Å². The summed E-state index contributed by atoms with van der Waals surface area (Å²) in [6.45, 7) is 1.82. The molecule has 0 aromatic carbocycles. The van der Waals surface area contributed by atoms with Gasteiger partial charge in [0.05, 0.1) is 12.8 Å². The van der Waals surface area contributed by atoms with Gasteiger partial charge in [0.2, 0.25) is 0 Å². The van der Waals surface area contributed by atoms with Gasteiger partial charge in [-0.05, 0) is 6.92 Å². The predicted molar refractivity (Wildman–Crippen MR) is 56.9 cm³/mol. The molecule has 0 aliphatic rings. The molecule has 1 aromatic rings. The molecule has 0 bridgehead atoms. The molecule has 1 rings (SSSR count). The number of aromatic nitrogens is 2. The van der Waals surface area contributed by atoms with E-state index >= 15 is 0 Å². The van der Waals surface area contributed by atoms with E-state index in [0.29, 0.717) is 0 Å². The molecule has 0 radical (unpaired) electrons. The zero-order chi connectivity index (χ0) is 12.0. The maximum atomic E-state index is 11.5. The number of methoxy groups -OCH3 is 1. The van der Waals surface area contributed by atoms with Crippen LogP contribution in [-0.2, 0) is 4.74 Å². The van der Waals surface area contributed by atoms with Crippen molar-refractivity contribution in [1.82, 2.24) is 15.3 Å². The predicted octanol–water partition coefficient (Wildman–Crippen LogP) is -0.396. The Labute approximate surface area is 93.7 Å². The molecule has 16 heavy (non-hydrogen) atoms. The highest BCUT2D eigenvalue weighted by molar-refractivity contribution is 5.91. The highest BCUT2D eigenvalue weighted by Gasteiger charge is 2.21. The second-order valence-corrected chi connectivity index (χ2v) is 3.70. The molecular formula is C10H15N3O3. The summed E-state index contributed by atoms with van der Waals surface area (Å²) in [5.41, 5.74) is -0.872. The van der Waals surface area contributed by atoms with Gasteiger partial charge >= 0.3 is 0 Å². The zero-order valence-electron chi connectivity index (χ0n) is 9.30. The quantitative estimate of drug-likeness (QED) is 0.712.